The number of sulfonamides is 1. The third-order valence-electron chi connectivity index (χ3n) is 2.22. The van der Waals surface area contributed by atoms with Gasteiger partial charge in [0.05, 0.1) is 23.9 Å². The van der Waals surface area contributed by atoms with Crippen molar-refractivity contribution in [3.8, 4) is 6.07 Å². The highest BCUT2D eigenvalue weighted by molar-refractivity contribution is 7.89. The topological polar surface area (TPSA) is 87.2 Å². The van der Waals surface area contributed by atoms with E-state index in [2.05, 4.69) is 0 Å². The minimum absolute atomic E-state index is 0.143. The maximum Gasteiger partial charge on any atom is 0.252 e. The zero-order chi connectivity index (χ0) is 13.9. The Morgan fingerprint density at radius 3 is 2.56 bits per heavy atom. The summed E-state index contributed by atoms with van der Waals surface area (Å²) >= 11 is 0. The van der Waals surface area contributed by atoms with Gasteiger partial charge in [-0.25, -0.2) is 17.2 Å². The molecule has 1 rings (SSSR count). The lowest BCUT2D eigenvalue weighted by atomic mass is 10.2. The molecule has 98 valence electrons. The van der Waals surface area contributed by atoms with E-state index in [0.29, 0.717) is 4.31 Å². The molecule has 8 heteroatoms. The summed E-state index contributed by atoms with van der Waals surface area (Å²) in [5.41, 5.74) is 5.56. The van der Waals surface area contributed by atoms with Gasteiger partial charge in [0.1, 0.15) is 4.90 Å². The second-order valence-electron chi connectivity index (χ2n) is 3.54. The number of nitrogens with zero attached hydrogens (tertiary/aromatic N) is 2. The molecule has 0 atom stereocenters. The third kappa shape index (κ3) is 2.94. The van der Waals surface area contributed by atoms with Crippen molar-refractivity contribution in [2.75, 3.05) is 19.3 Å². The second kappa shape index (κ2) is 5.29. The molecule has 0 heterocycles. The largest absolute Gasteiger partial charge is 0.398 e. The average Bonchev–Trinajstić information content (AvgIpc) is 2.27. The molecule has 0 spiro atoms. The molecule has 2 N–H and O–H groups in total. The molecule has 0 aromatic heterocycles. The Hall–Kier alpha value is -1.72. The van der Waals surface area contributed by atoms with Gasteiger partial charge in [0.15, 0.2) is 0 Å². The van der Waals surface area contributed by atoms with Crippen molar-refractivity contribution in [1.82, 2.24) is 4.31 Å². The molecule has 0 unspecified atom stereocenters. The first-order valence-corrected chi connectivity index (χ1v) is 6.27. The first kappa shape index (κ1) is 14.3. The molecule has 0 radical (unpaired) electrons. The molecule has 18 heavy (non-hydrogen) atoms. The summed E-state index contributed by atoms with van der Waals surface area (Å²) in [4.78, 5) is -0.287. The van der Waals surface area contributed by atoms with Crippen LogP contribution in [0.15, 0.2) is 23.1 Å². The van der Waals surface area contributed by atoms with Crippen molar-refractivity contribution in [1.29, 1.82) is 5.26 Å². The number of nitrogens with two attached hydrogens (primary N) is 1. The lowest BCUT2D eigenvalue weighted by molar-refractivity contribution is 0.126. The number of nitrogen functional groups attached to an aromatic ring is 1. The molecule has 1 aromatic rings. The van der Waals surface area contributed by atoms with Crippen molar-refractivity contribution >= 4 is 15.7 Å². The van der Waals surface area contributed by atoms with Crippen LogP contribution in [0.3, 0.4) is 0 Å². The lowest BCUT2D eigenvalue weighted by Gasteiger charge is -2.17. The van der Waals surface area contributed by atoms with E-state index < -0.39 is 23.0 Å². The molecule has 0 aliphatic heterocycles. The molecule has 0 fully saturated rings. The SMILES string of the molecule is CN(CC(F)F)S(=O)(=O)c1ccc(C#N)cc1N. The molecular formula is C10H11F2N3O2S. The minimum Gasteiger partial charge on any atom is -0.398 e. The number of anilines is 1. The smallest absolute Gasteiger partial charge is 0.252 e. The van der Waals surface area contributed by atoms with E-state index in [-0.39, 0.29) is 16.1 Å². The van der Waals surface area contributed by atoms with Crippen molar-refractivity contribution in [2.45, 2.75) is 11.3 Å². The van der Waals surface area contributed by atoms with Crippen molar-refractivity contribution in [3.63, 3.8) is 0 Å². The van der Waals surface area contributed by atoms with Crippen molar-refractivity contribution in [3.05, 3.63) is 23.8 Å². The van der Waals surface area contributed by atoms with Gasteiger partial charge in [-0.3, -0.25) is 0 Å². The van der Waals surface area contributed by atoms with Gasteiger partial charge in [0.2, 0.25) is 10.0 Å². The zero-order valence-corrected chi connectivity index (χ0v) is 10.3. The number of hydrogen-bond acceptors (Lipinski definition) is 4. The Balaban J connectivity index is 3.17. The van der Waals surface area contributed by atoms with E-state index in [4.69, 9.17) is 11.0 Å². The highest BCUT2D eigenvalue weighted by Gasteiger charge is 2.25. The predicted octanol–water partition coefficient (Wildman–Crippen LogP) is 1.03. The molecular weight excluding hydrogens is 264 g/mol. The quantitative estimate of drug-likeness (QED) is 0.831. The first-order chi connectivity index (χ1) is 8.28. The fourth-order valence-electron chi connectivity index (χ4n) is 1.31. The van der Waals surface area contributed by atoms with Crippen LogP contribution in [0, 0.1) is 11.3 Å². The summed E-state index contributed by atoms with van der Waals surface area (Å²) in [6, 6.07) is 5.38. The van der Waals surface area contributed by atoms with Gasteiger partial charge in [-0.15, -0.1) is 0 Å². The average molecular weight is 275 g/mol. The Morgan fingerprint density at radius 2 is 2.11 bits per heavy atom. The van der Waals surface area contributed by atoms with Gasteiger partial charge >= 0.3 is 0 Å². The van der Waals surface area contributed by atoms with E-state index >= 15 is 0 Å². The number of alkyl halides is 2. The van der Waals surface area contributed by atoms with E-state index in [1.54, 1.807) is 6.07 Å². The number of benzene rings is 1. The summed E-state index contributed by atoms with van der Waals surface area (Å²) in [5, 5.41) is 8.62. The number of nitriles is 1. The standard InChI is InChI=1S/C10H11F2N3O2S/c1-15(6-10(11)12)18(16,17)9-3-2-7(5-13)4-8(9)14/h2-4,10H,6,14H2,1H3. The van der Waals surface area contributed by atoms with Gasteiger partial charge in [0.25, 0.3) is 6.43 Å². The Kier molecular flexibility index (Phi) is 4.21. The number of rotatable bonds is 4. The van der Waals surface area contributed by atoms with Crippen LogP contribution in [0.5, 0.6) is 0 Å². The predicted molar refractivity (Wildman–Crippen MR) is 61.4 cm³/mol. The van der Waals surface area contributed by atoms with E-state index in [1.165, 1.54) is 12.1 Å². The number of hydrogen-bond donors (Lipinski definition) is 1. The first-order valence-electron chi connectivity index (χ1n) is 4.83. The maximum atomic E-state index is 12.2. The molecule has 0 aliphatic carbocycles. The summed E-state index contributed by atoms with van der Waals surface area (Å²) in [7, 11) is -3.03. The normalized spacial score (nSPS) is 11.8. The van der Waals surface area contributed by atoms with Crippen LogP contribution < -0.4 is 5.73 Å². The van der Waals surface area contributed by atoms with Crippen LogP contribution in [-0.2, 0) is 10.0 Å². The Morgan fingerprint density at radius 1 is 1.50 bits per heavy atom. The van der Waals surface area contributed by atoms with Gasteiger partial charge in [-0.05, 0) is 18.2 Å². The molecule has 0 saturated carbocycles. The summed E-state index contributed by atoms with van der Waals surface area (Å²) < 4.78 is 48.7. The monoisotopic (exact) mass is 275 g/mol. The Labute approximate surface area is 103 Å². The molecule has 1 aromatic carbocycles. The molecule has 0 aliphatic rings. The van der Waals surface area contributed by atoms with E-state index in [1.807, 2.05) is 0 Å². The van der Waals surface area contributed by atoms with Gasteiger partial charge in [-0.2, -0.15) is 9.57 Å². The summed E-state index contributed by atoms with van der Waals surface area (Å²) in [5.74, 6) is 0. The minimum atomic E-state index is -4.07. The van der Waals surface area contributed by atoms with Crippen LogP contribution in [-0.4, -0.2) is 32.7 Å². The fourth-order valence-corrected chi connectivity index (χ4v) is 2.55. The van der Waals surface area contributed by atoms with Gasteiger partial charge in [0, 0.05) is 7.05 Å². The van der Waals surface area contributed by atoms with Crippen LogP contribution in [0.1, 0.15) is 5.56 Å². The van der Waals surface area contributed by atoms with E-state index in [0.717, 1.165) is 13.1 Å². The van der Waals surface area contributed by atoms with Gasteiger partial charge in [-0.1, -0.05) is 0 Å². The molecule has 0 saturated heterocycles. The Bertz CT molecular complexity index is 581. The molecule has 5 nitrogen and oxygen atoms in total. The van der Waals surface area contributed by atoms with Crippen molar-refractivity contribution < 1.29 is 17.2 Å². The summed E-state index contributed by atoms with van der Waals surface area (Å²) in [6.07, 6.45) is -2.77. The lowest BCUT2D eigenvalue weighted by Crippen LogP contribution is -2.31. The molecule has 0 amide bonds. The van der Waals surface area contributed by atoms with E-state index in [9.17, 15) is 17.2 Å². The van der Waals surface area contributed by atoms with Crippen LogP contribution in [0.2, 0.25) is 0 Å². The van der Waals surface area contributed by atoms with Crippen molar-refractivity contribution in [2.24, 2.45) is 0 Å². The molecule has 0 bridgehead atoms. The highest BCUT2D eigenvalue weighted by Crippen LogP contribution is 2.23. The zero-order valence-electron chi connectivity index (χ0n) is 9.47. The third-order valence-corrected chi connectivity index (χ3v) is 4.12. The maximum absolute atomic E-state index is 12.2. The fraction of sp³-hybridized carbons (Fsp3) is 0.300. The van der Waals surface area contributed by atoms with Crippen LogP contribution in [0.25, 0.3) is 0 Å². The van der Waals surface area contributed by atoms with Gasteiger partial charge < -0.3 is 5.73 Å². The second-order valence-corrected chi connectivity index (χ2v) is 5.55. The van der Waals surface area contributed by atoms with Crippen LogP contribution >= 0.6 is 0 Å². The van der Waals surface area contributed by atoms with Crippen LogP contribution in [0.4, 0.5) is 14.5 Å². The number of halogens is 2. The highest BCUT2D eigenvalue weighted by atomic mass is 32.2. The summed E-state index contributed by atoms with van der Waals surface area (Å²) in [6.45, 7) is -0.915.